The fraction of sp³-hybridized carbons (Fsp3) is 0.900. The van der Waals surface area contributed by atoms with Crippen LogP contribution in [-0.4, -0.2) is 33.5 Å². The van der Waals surface area contributed by atoms with Gasteiger partial charge in [-0.25, -0.2) is 0 Å². The van der Waals surface area contributed by atoms with Crippen LogP contribution in [0.25, 0.3) is 0 Å². The van der Waals surface area contributed by atoms with Gasteiger partial charge in [0.05, 0.1) is 17.6 Å². The first-order valence-electron chi connectivity index (χ1n) is 14.0. The highest BCUT2D eigenvalue weighted by molar-refractivity contribution is 5.76. The highest BCUT2D eigenvalue weighted by Gasteiger charge is 2.70. The van der Waals surface area contributed by atoms with Gasteiger partial charge in [-0.1, -0.05) is 60.1 Å². The molecule has 5 aliphatic rings. The summed E-state index contributed by atoms with van der Waals surface area (Å²) in [6.45, 7) is 16.3. The summed E-state index contributed by atoms with van der Waals surface area (Å²) in [7, 11) is 0. The molecule has 4 fully saturated rings. The predicted molar refractivity (Wildman–Crippen MR) is 134 cm³/mol. The lowest BCUT2D eigenvalue weighted by atomic mass is 9.33. The minimum absolute atomic E-state index is 0.00993. The van der Waals surface area contributed by atoms with Crippen LogP contribution in [0.5, 0.6) is 0 Å². The Hall–Kier alpha value is -0.870. The fourth-order valence-electron chi connectivity index (χ4n) is 11.0. The predicted octanol–water partition coefficient (Wildman–Crippen LogP) is 6.06. The van der Waals surface area contributed by atoms with E-state index in [0.29, 0.717) is 30.1 Å². The molecule has 0 aromatic heterocycles. The van der Waals surface area contributed by atoms with Gasteiger partial charge in [0.2, 0.25) is 0 Å². The molecule has 0 bridgehead atoms. The van der Waals surface area contributed by atoms with Crippen molar-refractivity contribution >= 4 is 5.97 Å². The number of hydrogen-bond acceptors (Lipinski definition) is 3. The maximum atomic E-state index is 12.8. The Bertz CT molecular complexity index is 907. The van der Waals surface area contributed by atoms with Gasteiger partial charge in [0.1, 0.15) is 0 Å². The van der Waals surface area contributed by atoms with Crippen LogP contribution < -0.4 is 0 Å². The molecule has 4 heteroatoms. The van der Waals surface area contributed by atoms with Crippen LogP contribution in [0, 0.1) is 56.7 Å². The second-order valence-corrected chi connectivity index (χ2v) is 14.6. The van der Waals surface area contributed by atoms with Crippen LogP contribution in [0.3, 0.4) is 0 Å². The first kappa shape index (κ1) is 24.8. The highest BCUT2D eigenvalue weighted by Crippen LogP contribution is 2.75. The van der Waals surface area contributed by atoms with Crippen molar-refractivity contribution in [3.8, 4) is 0 Å². The standard InChI is InChI=1S/C30H48O4/c1-17-10-13-30(25(33)34)15-14-28(6)19(23(30)18(17)2)8-9-22-27(5)16-20(31)24(32)26(3,4)21(27)11-12-29(22,28)7/h8,17-18,20-24,31-32H,9-16H2,1-7H3,(H,33,34)/t17-,18+,20-,21?,22?,23?,24+,27?,28?,29?,30+/m1/s1. The number of aliphatic carboxylic acids is 1. The summed E-state index contributed by atoms with van der Waals surface area (Å²) in [6, 6.07) is 0. The quantitative estimate of drug-likeness (QED) is 0.405. The zero-order chi connectivity index (χ0) is 25.1. The lowest BCUT2D eigenvalue weighted by Gasteiger charge is -2.71. The van der Waals surface area contributed by atoms with E-state index in [1.54, 1.807) is 0 Å². The van der Waals surface area contributed by atoms with E-state index >= 15 is 0 Å². The minimum Gasteiger partial charge on any atom is -0.481 e. The zero-order valence-electron chi connectivity index (χ0n) is 22.5. The summed E-state index contributed by atoms with van der Waals surface area (Å²) in [5.74, 6) is 1.30. The summed E-state index contributed by atoms with van der Waals surface area (Å²) in [5, 5.41) is 32.4. The van der Waals surface area contributed by atoms with E-state index in [2.05, 4.69) is 54.5 Å². The number of carboxylic acids is 1. The molecular weight excluding hydrogens is 424 g/mol. The molecule has 5 rings (SSSR count). The SMILES string of the molecule is C[C@@H]1CC[C@]2(C(=O)O)CCC3(C)C(=CCC4C5(C)C[C@@H](O)[C@H](O)C(C)(C)C5CCC43C)C2[C@H]1C. The maximum absolute atomic E-state index is 12.8. The Morgan fingerprint density at radius 1 is 0.941 bits per heavy atom. The van der Waals surface area contributed by atoms with Gasteiger partial charge in [-0.3, -0.25) is 4.79 Å². The maximum Gasteiger partial charge on any atom is 0.310 e. The molecule has 34 heavy (non-hydrogen) atoms. The van der Waals surface area contributed by atoms with E-state index in [9.17, 15) is 20.1 Å². The molecule has 6 unspecified atom stereocenters. The van der Waals surface area contributed by atoms with E-state index in [4.69, 9.17) is 0 Å². The third-order valence-corrected chi connectivity index (χ3v) is 13.4. The molecule has 0 saturated heterocycles. The molecule has 0 aromatic rings. The second kappa shape index (κ2) is 7.34. The molecule has 5 aliphatic carbocycles. The van der Waals surface area contributed by atoms with Gasteiger partial charge in [-0.15, -0.1) is 0 Å². The van der Waals surface area contributed by atoms with Gasteiger partial charge in [0.15, 0.2) is 0 Å². The van der Waals surface area contributed by atoms with E-state index in [0.717, 1.165) is 44.9 Å². The van der Waals surface area contributed by atoms with Gasteiger partial charge < -0.3 is 15.3 Å². The monoisotopic (exact) mass is 472 g/mol. The number of rotatable bonds is 1. The fourth-order valence-corrected chi connectivity index (χ4v) is 11.0. The first-order chi connectivity index (χ1) is 15.7. The Kier molecular flexibility index (Phi) is 5.36. The van der Waals surface area contributed by atoms with E-state index in [-0.39, 0.29) is 27.6 Å². The highest BCUT2D eigenvalue weighted by atomic mass is 16.4. The Morgan fingerprint density at radius 2 is 1.62 bits per heavy atom. The molecule has 0 aromatic carbocycles. The van der Waals surface area contributed by atoms with E-state index < -0.39 is 23.6 Å². The summed E-state index contributed by atoms with van der Waals surface area (Å²) in [6.07, 6.45) is 8.53. The summed E-state index contributed by atoms with van der Waals surface area (Å²) in [5.41, 5.74) is 0.574. The molecule has 4 saturated carbocycles. The average molecular weight is 473 g/mol. The van der Waals surface area contributed by atoms with Crippen molar-refractivity contribution in [2.24, 2.45) is 56.7 Å². The van der Waals surface area contributed by atoms with Crippen LogP contribution in [0.2, 0.25) is 0 Å². The van der Waals surface area contributed by atoms with Crippen LogP contribution in [0.4, 0.5) is 0 Å². The molecule has 3 N–H and O–H groups in total. The molecule has 0 aliphatic heterocycles. The van der Waals surface area contributed by atoms with Gasteiger partial charge in [-0.05, 0) is 103 Å². The van der Waals surface area contributed by atoms with Crippen molar-refractivity contribution in [2.75, 3.05) is 0 Å². The molecule has 192 valence electrons. The Labute approximate surface area is 206 Å². The summed E-state index contributed by atoms with van der Waals surface area (Å²) in [4.78, 5) is 12.8. The zero-order valence-corrected chi connectivity index (χ0v) is 22.5. The van der Waals surface area contributed by atoms with Crippen molar-refractivity contribution in [1.82, 2.24) is 0 Å². The number of carbonyl (C=O) groups is 1. The molecule has 0 amide bonds. The number of aliphatic hydroxyl groups is 2. The van der Waals surface area contributed by atoms with Gasteiger partial charge in [0.25, 0.3) is 0 Å². The van der Waals surface area contributed by atoms with Crippen molar-refractivity contribution in [3.63, 3.8) is 0 Å². The van der Waals surface area contributed by atoms with Gasteiger partial charge >= 0.3 is 5.97 Å². The lowest BCUT2D eigenvalue weighted by molar-refractivity contribution is -0.232. The molecule has 11 atom stereocenters. The summed E-state index contributed by atoms with van der Waals surface area (Å²) >= 11 is 0. The van der Waals surface area contributed by atoms with Crippen molar-refractivity contribution in [3.05, 3.63) is 11.6 Å². The molecule has 4 nitrogen and oxygen atoms in total. The van der Waals surface area contributed by atoms with E-state index in [1.165, 1.54) is 5.57 Å². The molecular formula is C30H48O4. The Morgan fingerprint density at radius 3 is 2.26 bits per heavy atom. The number of aliphatic hydroxyl groups excluding tert-OH is 2. The number of carboxylic acid groups (broad SMARTS) is 1. The van der Waals surface area contributed by atoms with Crippen LogP contribution >= 0.6 is 0 Å². The normalized spacial score (nSPS) is 56.3. The first-order valence-corrected chi connectivity index (χ1v) is 14.0. The number of fused-ring (bicyclic) bond motifs is 7. The largest absolute Gasteiger partial charge is 0.481 e. The van der Waals surface area contributed by atoms with Crippen molar-refractivity contribution in [2.45, 2.75) is 112 Å². The van der Waals surface area contributed by atoms with Gasteiger partial charge in [-0.2, -0.15) is 0 Å². The van der Waals surface area contributed by atoms with E-state index in [1.807, 2.05) is 0 Å². The topological polar surface area (TPSA) is 77.8 Å². The number of hydrogen-bond donors (Lipinski definition) is 3. The smallest absolute Gasteiger partial charge is 0.310 e. The lowest BCUT2D eigenvalue weighted by Crippen LogP contribution is -2.67. The molecule has 0 spiro atoms. The minimum atomic E-state index is -0.679. The van der Waals surface area contributed by atoms with Crippen LogP contribution in [0.15, 0.2) is 11.6 Å². The molecule has 0 radical (unpaired) electrons. The average Bonchev–Trinajstić information content (AvgIpc) is 2.75. The number of allylic oxidation sites excluding steroid dienone is 2. The van der Waals surface area contributed by atoms with Gasteiger partial charge in [0, 0.05) is 0 Å². The third-order valence-electron chi connectivity index (χ3n) is 13.4. The van der Waals surface area contributed by atoms with Crippen molar-refractivity contribution < 1.29 is 20.1 Å². The Balaban J connectivity index is 1.62. The van der Waals surface area contributed by atoms with Crippen LogP contribution in [-0.2, 0) is 4.79 Å². The summed E-state index contributed by atoms with van der Waals surface area (Å²) < 4.78 is 0. The van der Waals surface area contributed by atoms with Crippen LogP contribution in [0.1, 0.15) is 99.8 Å². The third kappa shape index (κ3) is 2.76. The van der Waals surface area contributed by atoms with Crippen molar-refractivity contribution in [1.29, 1.82) is 0 Å². The second-order valence-electron chi connectivity index (χ2n) is 14.6. The molecule has 0 heterocycles.